The zero-order chi connectivity index (χ0) is 12.3. The van der Waals surface area contributed by atoms with Crippen LogP contribution in [-0.2, 0) is 4.74 Å². The summed E-state index contributed by atoms with van der Waals surface area (Å²) >= 11 is 0. The molecular formula is C11H14O5. The standard InChI is InChI=1S/C11H14O5/c1-3-6(2)16-11(15)7-4-8(12)10(14)9(13)5-7/h4-6,12-14H,3H2,1-2H3. The van der Waals surface area contributed by atoms with Crippen molar-refractivity contribution in [2.24, 2.45) is 0 Å². The largest absolute Gasteiger partial charge is 0.504 e. The fourth-order valence-corrected chi connectivity index (χ4v) is 1.06. The zero-order valence-corrected chi connectivity index (χ0v) is 9.10. The van der Waals surface area contributed by atoms with Gasteiger partial charge in [-0.1, -0.05) is 6.92 Å². The molecule has 1 aromatic carbocycles. The average molecular weight is 226 g/mol. The number of benzene rings is 1. The lowest BCUT2D eigenvalue weighted by Crippen LogP contribution is -2.13. The van der Waals surface area contributed by atoms with E-state index >= 15 is 0 Å². The second-order valence-electron chi connectivity index (χ2n) is 3.49. The summed E-state index contributed by atoms with van der Waals surface area (Å²) < 4.78 is 4.99. The van der Waals surface area contributed by atoms with Crippen LogP contribution in [0.25, 0.3) is 0 Å². The smallest absolute Gasteiger partial charge is 0.338 e. The van der Waals surface area contributed by atoms with Crippen LogP contribution in [0.3, 0.4) is 0 Å². The molecule has 0 amide bonds. The number of rotatable bonds is 3. The molecule has 1 aromatic rings. The Labute approximate surface area is 92.9 Å². The number of esters is 1. The van der Waals surface area contributed by atoms with Gasteiger partial charge in [0.1, 0.15) is 0 Å². The van der Waals surface area contributed by atoms with Crippen molar-refractivity contribution in [3.63, 3.8) is 0 Å². The fourth-order valence-electron chi connectivity index (χ4n) is 1.06. The van der Waals surface area contributed by atoms with Crippen molar-refractivity contribution in [2.75, 3.05) is 0 Å². The number of ether oxygens (including phenoxy) is 1. The van der Waals surface area contributed by atoms with E-state index in [2.05, 4.69) is 0 Å². The van der Waals surface area contributed by atoms with Gasteiger partial charge in [-0.15, -0.1) is 0 Å². The predicted molar refractivity (Wildman–Crippen MR) is 56.6 cm³/mol. The molecule has 5 nitrogen and oxygen atoms in total. The van der Waals surface area contributed by atoms with Gasteiger partial charge in [0.2, 0.25) is 0 Å². The lowest BCUT2D eigenvalue weighted by Gasteiger charge is -2.11. The summed E-state index contributed by atoms with van der Waals surface area (Å²) in [4.78, 5) is 11.5. The van der Waals surface area contributed by atoms with E-state index in [4.69, 9.17) is 9.84 Å². The Kier molecular flexibility index (Phi) is 3.60. The van der Waals surface area contributed by atoms with Gasteiger partial charge in [0.25, 0.3) is 0 Å². The van der Waals surface area contributed by atoms with Gasteiger partial charge in [-0.3, -0.25) is 0 Å². The van der Waals surface area contributed by atoms with Gasteiger partial charge in [0, 0.05) is 0 Å². The molecule has 0 spiro atoms. The van der Waals surface area contributed by atoms with Crippen LogP contribution in [0.5, 0.6) is 17.2 Å². The third-order valence-electron chi connectivity index (χ3n) is 2.19. The SMILES string of the molecule is CCC(C)OC(=O)c1cc(O)c(O)c(O)c1. The third-order valence-corrected chi connectivity index (χ3v) is 2.19. The van der Waals surface area contributed by atoms with Crippen molar-refractivity contribution in [3.8, 4) is 17.2 Å². The molecule has 0 saturated heterocycles. The van der Waals surface area contributed by atoms with Crippen LogP contribution in [0.15, 0.2) is 12.1 Å². The molecule has 0 aliphatic rings. The maximum absolute atomic E-state index is 11.5. The Morgan fingerprint density at radius 2 is 1.81 bits per heavy atom. The number of phenolic OH excluding ortho intramolecular Hbond substituents is 3. The molecule has 1 unspecified atom stereocenters. The molecule has 16 heavy (non-hydrogen) atoms. The summed E-state index contributed by atoms with van der Waals surface area (Å²) in [6.45, 7) is 3.60. The fraction of sp³-hybridized carbons (Fsp3) is 0.364. The number of carbonyl (C=O) groups is 1. The molecule has 0 aliphatic heterocycles. The van der Waals surface area contributed by atoms with Crippen molar-refractivity contribution < 1.29 is 24.9 Å². The van der Waals surface area contributed by atoms with Crippen molar-refractivity contribution in [2.45, 2.75) is 26.4 Å². The minimum Gasteiger partial charge on any atom is -0.504 e. The first kappa shape index (κ1) is 12.2. The molecule has 0 bridgehead atoms. The lowest BCUT2D eigenvalue weighted by molar-refractivity contribution is 0.0333. The molecule has 3 N–H and O–H groups in total. The quantitative estimate of drug-likeness (QED) is 0.540. The van der Waals surface area contributed by atoms with Gasteiger partial charge in [-0.2, -0.15) is 0 Å². The third kappa shape index (κ3) is 2.56. The molecule has 0 aromatic heterocycles. The van der Waals surface area contributed by atoms with Gasteiger partial charge in [0.15, 0.2) is 17.2 Å². The van der Waals surface area contributed by atoms with E-state index in [1.165, 1.54) is 0 Å². The van der Waals surface area contributed by atoms with Crippen molar-refractivity contribution in [1.29, 1.82) is 0 Å². The molecule has 0 aliphatic carbocycles. The summed E-state index contributed by atoms with van der Waals surface area (Å²) in [6, 6.07) is 2.08. The lowest BCUT2D eigenvalue weighted by atomic mass is 10.2. The average Bonchev–Trinajstić information content (AvgIpc) is 2.24. The Hall–Kier alpha value is -1.91. The maximum Gasteiger partial charge on any atom is 0.338 e. The maximum atomic E-state index is 11.5. The summed E-state index contributed by atoms with van der Waals surface area (Å²) in [5, 5.41) is 27.5. The highest BCUT2D eigenvalue weighted by atomic mass is 16.5. The monoisotopic (exact) mass is 226 g/mol. The summed E-state index contributed by atoms with van der Waals surface area (Å²) in [6.07, 6.45) is 0.424. The Bertz CT molecular complexity index is 376. The van der Waals surface area contributed by atoms with Gasteiger partial charge in [-0.25, -0.2) is 4.79 Å². The van der Waals surface area contributed by atoms with Gasteiger partial charge >= 0.3 is 5.97 Å². The molecular weight excluding hydrogens is 212 g/mol. The Balaban J connectivity index is 2.93. The number of aromatic hydroxyl groups is 3. The van der Waals surface area contributed by atoms with E-state index < -0.39 is 23.2 Å². The predicted octanol–water partition coefficient (Wildman–Crippen LogP) is 1.76. The van der Waals surface area contributed by atoms with E-state index in [-0.39, 0.29) is 11.7 Å². The van der Waals surface area contributed by atoms with Gasteiger partial charge < -0.3 is 20.1 Å². The molecule has 1 rings (SSSR count). The Morgan fingerprint density at radius 3 is 2.25 bits per heavy atom. The molecule has 0 saturated carbocycles. The molecule has 0 heterocycles. The summed E-state index contributed by atoms with van der Waals surface area (Å²) in [7, 11) is 0. The summed E-state index contributed by atoms with van der Waals surface area (Å²) in [5.74, 6) is -2.42. The molecule has 5 heteroatoms. The number of carbonyl (C=O) groups excluding carboxylic acids is 1. The minimum atomic E-state index is -0.653. The van der Waals surface area contributed by atoms with Crippen LogP contribution >= 0.6 is 0 Å². The molecule has 88 valence electrons. The summed E-state index contributed by atoms with van der Waals surface area (Å²) in [5.41, 5.74) is -0.00639. The second-order valence-corrected chi connectivity index (χ2v) is 3.49. The number of hydrogen-bond acceptors (Lipinski definition) is 5. The Morgan fingerprint density at radius 1 is 1.31 bits per heavy atom. The van der Waals surface area contributed by atoms with E-state index in [0.29, 0.717) is 6.42 Å². The second kappa shape index (κ2) is 4.74. The van der Waals surface area contributed by atoms with Gasteiger partial charge in [0.05, 0.1) is 11.7 Å². The highest BCUT2D eigenvalue weighted by molar-refractivity contribution is 5.91. The first-order valence-corrected chi connectivity index (χ1v) is 4.91. The van der Waals surface area contributed by atoms with E-state index in [9.17, 15) is 15.0 Å². The van der Waals surface area contributed by atoms with E-state index in [1.807, 2.05) is 6.92 Å². The van der Waals surface area contributed by atoms with Crippen molar-refractivity contribution in [3.05, 3.63) is 17.7 Å². The van der Waals surface area contributed by atoms with Crippen LogP contribution in [0.1, 0.15) is 30.6 Å². The van der Waals surface area contributed by atoms with E-state index in [1.54, 1.807) is 6.92 Å². The van der Waals surface area contributed by atoms with Crippen molar-refractivity contribution in [1.82, 2.24) is 0 Å². The normalized spacial score (nSPS) is 12.1. The van der Waals surface area contributed by atoms with Crippen LogP contribution in [0.4, 0.5) is 0 Å². The topological polar surface area (TPSA) is 87.0 Å². The number of hydrogen-bond donors (Lipinski definition) is 3. The first-order chi connectivity index (χ1) is 7.45. The van der Waals surface area contributed by atoms with Crippen molar-refractivity contribution >= 4 is 5.97 Å². The molecule has 0 radical (unpaired) electrons. The number of phenols is 3. The molecule has 0 fully saturated rings. The first-order valence-electron chi connectivity index (χ1n) is 4.91. The van der Waals surface area contributed by atoms with Crippen LogP contribution in [0.2, 0.25) is 0 Å². The van der Waals surface area contributed by atoms with Crippen LogP contribution in [0, 0.1) is 0 Å². The van der Waals surface area contributed by atoms with Crippen LogP contribution < -0.4 is 0 Å². The minimum absolute atomic E-state index is 0.00639. The van der Waals surface area contributed by atoms with E-state index in [0.717, 1.165) is 12.1 Å². The highest BCUT2D eigenvalue weighted by Crippen LogP contribution is 2.35. The molecule has 1 atom stereocenters. The highest BCUT2D eigenvalue weighted by Gasteiger charge is 2.16. The van der Waals surface area contributed by atoms with Gasteiger partial charge in [-0.05, 0) is 25.5 Å². The van der Waals surface area contributed by atoms with Crippen LogP contribution in [-0.4, -0.2) is 27.4 Å². The zero-order valence-electron chi connectivity index (χ0n) is 9.10.